The Kier molecular flexibility index (Phi) is 1.26. The molecule has 0 bridgehead atoms. The number of benzene rings is 2. The van der Waals surface area contributed by atoms with Gasteiger partial charge in [-0.05, 0) is 21.9 Å². The molecule has 1 saturated heterocycles. The van der Waals surface area contributed by atoms with Gasteiger partial charge in [0.05, 0.1) is 0 Å². The third-order valence-electron chi connectivity index (χ3n) is 3.43. The molecule has 0 amide bonds. The molecule has 3 atom stereocenters. The molecule has 4 rings (SSSR count). The van der Waals surface area contributed by atoms with E-state index >= 15 is 0 Å². The lowest BCUT2D eigenvalue weighted by Crippen LogP contribution is -2.11. The molecule has 0 saturated carbocycles. The van der Waals surface area contributed by atoms with Crippen molar-refractivity contribution < 1.29 is 9.84 Å². The molecule has 0 spiro atoms. The van der Waals surface area contributed by atoms with Crippen molar-refractivity contribution in [3.8, 4) is 0 Å². The molecule has 1 fully saturated rings. The Balaban J connectivity index is 2.19. The van der Waals surface area contributed by atoms with E-state index in [2.05, 4.69) is 24.3 Å². The predicted molar refractivity (Wildman–Crippen MR) is 56.5 cm³/mol. The molecule has 2 aromatic carbocycles. The van der Waals surface area contributed by atoms with Crippen LogP contribution in [0, 0.1) is 0 Å². The lowest BCUT2D eigenvalue weighted by atomic mass is 9.87. The molecule has 1 N–H and O–H groups in total. The Morgan fingerprint density at radius 3 is 2.53 bits per heavy atom. The summed E-state index contributed by atoms with van der Waals surface area (Å²) in [5.41, 5.74) is 2.25. The van der Waals surface area contributed by atoms with Gasteiger partial charge in [0.25, 0.3) is 0 Å². The van der Waals surface area contributed by atoms with Gasteiger partial charge in [0, 0.05) is 0 Å². The third kappa shape index (κ3) is 0.863. The van der Waals surface area contributed by atoms with E-state index in [1.165, 1.54) is 16.3 Å². The number of hydrogen-bond donors (Lipinski definition) is 1. The van der Waals surface area contributed by atoms with Crippen LogP contribution >= 0.6 is 0 Å². The van der Waals surface area contributed by atoms with Gasteiger partial charge >= 0.3 is 0 Å². The van der Waals surface area contributed by atoms with Gasteiger partial charge in [-0.1, -0.05) is 36.4 Å². The van der Waals surface area contributed by atoms with E-state index in [1.54, 1.807) is 0 Å². The van der Waals surface area contributed by atoms with Crippen molar-refractivity contribution in [3.63, 3.8) is 0 Å². The van der Waals surface area contributed by atoms with Crippen LogP contribution in [0.2, 0.25) is 0 Å². The van der Waals surface area contributed by atoms with Crippen molar-refractivity contribution in [2.45, 2.75) is 18.3 Å². The van der Waals surface area contributed by atoms with Gasteiger partial charge in [0.1, 0.15) is 18.3 Å². The highest BCUT2D eigenvalue weighted by Gasteiger charge is 2.50. The first kappa shape index (κ1) is 7.85. The molecular weight excluding hydrogens is 188 g/mol. The van der Waals surface area contributed by atoms with E-state index in [0.29, 0.717) is 0 Å². The first-order valence-corrected chi connectivity index (χ1v) is 5.21. The second-order valence-corrected chi connectivity index (χ2v) is 4.26. The summed E-state index contributed by atoms with van der Waals surface area (Å²) in [5, 5.41) is 12.4. The Labute approximate surface area is 87.1 Å². The van der Waals surface area contributed by atoms with Crippen LogP contribution in [0.3, 0.4) is 0 Å². The molecule has 0 aromatic heterocycles. The Morgan fingerprint density at radius 1 is 1.00 bits per heavy atom. The molecular formula is C13H10O2. The SMILES string of the molecule is OC1c2cccc3cccc(c23)C2OC12. The molecule has 1 heterocycles. The summed E-state index contributed by atoms with van der Waals surface area (Å²) in [5.74, 6) is 0. The highest BCUT2D eigenvalue weighted by atomic mass is 16.6. The van der Waals surface area contributed by atoms with Crippen molar-refractivity contribution in [1.82, 2.24) is 0 Å². The quantitative estimate of drug-likeness (QED) is 0.659. The van der Waals surface area contributed by atoms with Crippen LogP contribution < -0.4 is 0 Å². The van der Waals surface area contributed by atoms with Gasteiger partial charge in [-0.2, -0.15) is 0 Å². The maximum absolute atomic E-state index is 10.1. The number of rotatable bonds is 0. The van der Waals surface area contributed by atoms with Crippen LogP contribution in [-0.4, -0.2) is 11.2 Å². The van der Waals surface area contributed by atoms with Crippen molar-refractivity contribution in [2.75, 3.05) is 0 Å². The Bertz CT molecular complexity index is 556. The van der Waals surface area contributed by atoms with E-state index in [0.717, 1.165) is 5.56 Å². The number of aliphatic hydroxyl groups excluding tert-OH is 1. The van der Waals surface area contributed by atoms with Gasteiger partial charge in [-0.15, -0.1) is 0 Å². The van der Waals surface area contributed by atoms with Crippen molar-refractivity contribution in [1.29, 1.82) is 0 Å². The summed E-state index contributed by atoms with van der Waals surface area (Å²) in [6.45, 7) is 0. The summed E-state index contributed by atoms with van der Waals surface area (Å²) in [6, 6.07) is 12.3. The highest BCUT2D eigenvalue weighted by Crippen LogP contribution is 2.53. The van der Waals surface area contributed by atoms with Crippen LogP contribution in [-0.2, 0) is 4.74 Å². The molecule has 1 aliphatic carbocycles. The van der Waals surface area contributed by atoms with Gasteiger partial charge in [-0.25, -0.2) is 0 Å². The molecule has 2 aromatic rings. The fraction of sp³-hybridized carbons (Fsp3) is 0.231. The molecule has 2 nitrogen and oxygen atoms in total. The first-order chi connectivity index (χ1) is 7.36. The lowest BCUT2D eigenvalue weighted by Gasteiger charge is -2.18. The summed E-state index contributed by atoms with van der Waals surface area (Å²) in [6.07, 6.45) is -0.335. The number of epoxide rings is 1. The normalized spacial score (nSPS) is 31.4. The zero-order chi connectivity index (χ0) is 9.99. The van der Waals surface area contributed by atoms with Crippen LogP contribution in [0.5, 0.6) is 0 Å². The molecule has 74 valence electrons. The molecule has 1 aliphatic heterocycles. The van der Waals surface area contributed by atoms with Crippen LogP contribution in [0.4, 0.5) is 0 Å². The van der Waals surface area contributed by atoms with E-state index < -0.39 is 6.10 Å². The predicted octanol–water partition coefficient (Wildman–Crippen LogP) is 2.33. The van der Waals surface area contributed by atoms with E-state index in [-0.39, 0.29) is 12.2 Å². The second kappa shape index (κ2) is 2.40. The van der Waals surface area contributed by atoms with Gasteiger partial charge in [0.2, 0.25) is 0 Å². The monoisotopic (exact) mass is 198 g/mol. The van der Waals surface area contributed by atoms with E-state index in [1.807, 2.05) is 12.1 Å². The minimum absolute atomic E-state index is 0.00880. The van der Waals surface area contributed by atoms with Crippen molar-refractivity contribution >= 4 is 10.8 Å². The minimum atomic E-state index is -0.450. The topological polar surface area (TPSA) is 32.8 Å². The molecule has 2 aliphatic rings. The third-order valence-corrected chi connectivity index (χ3v) is 3.43. The van der Waals surface area contributed by atoms with Crippen LogP contribution in [0.1, 0.15) is 23.3 Å². The lowest BCUT2D eigenvalue weighted by molar-refractivity contribution is 0.138. The van der Waals surface area contributed by atoms with Crippen molar-refractivity contribution in [3.05, 3.63) is 47.5 Å². The summed E-state index contributed by atoms with van der Waals surface area (Å²) in [4.78, 5) is 0. The summed E-state index contributed by atoms with van der Waals surface area (Å²) < 4.78 is 5.51. The van der Waals surface area contributed by atoms with Gasteiger partial charge in [-0.3, -0.25) is 0 Å². The fourth-order valence-electron chi connectivity index (χ4n) is 2.67. The number of ether oxygens (including phenoxy) is 1. The van der Waals surface area contributed by atoms with Crippen molar-refractivity contribution in [2.24, 2.45) is 0 Å². The Hall–Kier alpha value is -1.38. The maximum atomic E-state index is 10.1. The standard InChI is InChI=1S/C13H10O2/c14-11-8-5-1-3-7-4-2-6-9(10(7)8)12-13(11)15-12/h1-6,11-14H. The fourth-order valence-corrected chi connectivity index (χ4v) is 2.67. The Morgan fingerprint density at radius 2 is 1.73 bits per heavy atom. The number of aliphatic hydroxyl groups is 1. The second-order valence-electron chi connectivity index (χ2n) is 4.26. The zero-order valence-electron chi connectivity index (χ0n) is 8.05. The van der Waals surface area contributed by atoms with Crippen LogP contribution in [0.15, 0.2) is 36.4 Å². The molecule has 2 heteroatoms. The minimum Gasteiger partial charge on any atom is -0.386 e. The molecule has 0 radical (unpaired) electrons. The maximum Gasteiger partial charge on any atom is 0.119 e. The highest BCUT2D eigenvalue weighted by molar-refractivity contribution is 5.91. The van der Waals surface area contributed by atoms with E-state index in [9.17, 15) is 5.11 Å². The average Bonchev–Trinajstić information content (AvgIpc) is 3.06. The first-order valence-electron chi connectivity index (χ1n) is 5.21. The van der Waals surface area contributed by atoms with Gasteiger partial charge in [0.15, 0.2) is 0 Å². The molecule has 15 heavy (non-hydrogen) atoms. The number of hydrogen-bond acceptors (Lipinski definition) is 2. The summed E-state index contributed by atoms with van der Waals surface area (Å²) >= 11 is 0. The van der Waals surface area contributed by atoms with Crippen LogP contribution in [0.25, 0.3) is 10.8 Å². The average molecular weight is 198 g/mol. The van der Waals surface area contributed by atoms with E-state index in [4.69, 9.17) is 4.74 Å². The zero-order valence-corrected chi connectivity index (χ0v) is 8.05. The largest absolute Gasteiger partial charge is 0.386 e. The number of fused-ring (bicyclic) bond motifs is 2. The smallest absolute Gasteiger partial charge is 0.119 e. The molecule has 3 unspecified atom stereocenters. The van der Waals surface area contributed by atoms with Gasteiger partial charge < -0.3 is 9.84 Å². The summed E-state index contributed by atoms with van der Waals surface area (Å²) in [7, 11) is 0.